The van der Waals surface area contributed by atoms with E-state index < -0.39 is 0 Å². The van der Waals surface area contributed by atoms with Gasteiger partial charge in [-0.05, 0) is 31.2 Å². The first-order valence-electron chi connectivity index (χ1n) is 7.91. The zero-order valence-electron chi connectivity index (χ0n) is 12.6. The van der Waals surface area contributed by atoms with Gasteiger partial charge in [-0.25, -0.2) is 4.98 Å². The van der Waals surface area contributed by atoms with E-state index in [1.54, 1.807) is 6.20 Å². The van der Waals surface area contributed by atoms with Crippen LogP contribution in [0.3, 0.4) is 0 Å². The fraction of sp³-hybridized carbons (Fsp3) is 0.750. The van der Waals surface area contributed by atoms with Gasteiger partial charge in [0.1, 0.15) is 11.6 Å². The summed E-state index contributed by atoms with van der Waals surface area (Å²) in [5.41, 5.74) is 6.03. The highest BCUT2D eigenvalue weighted by Gasteiger charge is 2.33. The molecule has 1 aliphatic carbocycles. The molecule has 1 aromatic rings. The van der Waals surface area contributed by atoms with Crippen LogP contribution >= 0.6 is 0 Å². The molecule has 4 heteroatoms. The molecule has 0 amide bonds. The Morgan fingerprint density at radius 3 is 2.80 bits per heavy atom. The third-order valence-electron chi connectivity index (χ3n) is 4.54. The van der Waals surface area contributed by atoms with Gasteiger partial charge in [0, 0.05) is 25.4 Å². The van der Waals surface area contributed by atoms with E-state index in [2.05, 4.69) is 16.5 Å². The van der Waals surface area contributed by atoms with Crippen LogP contribution in [-0.4, -0.2) is 21.9 Å². The van der Waals surface area contributed by atoms with E-state index >= 15 is 0 Å². The van der Waals surface area contributed by atoms with Crippen molar-refractivity contribution in [2.45, 2.75) is 64.8 Å². The van der Waals surface area contributed by atoms with Crippen LogP contribution in [0.25, 0.3) is 0 Å². The van der Waals surface area contributed by atoms with E-state index in [9.17, 15) is 4.79 Å². The van der Waals surface area contributed by atoms with E-state index in [1.165, 1.54) is 19.3 Å². The van der Waals surface area contributed by atoms with Crippen LogP contribution in [0.1, 0.15) is 57.7 Å². The van der Waals surface area contributed by atoms with Gasteiger partial charge in [0.05, 0.1) is 6.42 Å². The van der Waals surface area contributed by atoms with Gasteiger partial charge in [0.25, 0.3) is 0 Å². The lowest BCUT2D eigenvalue weighted by atomic mass is 9.71. The Morgan fingerprint density at radius 1 is 1.40 bits per heavy atom. The van der Waals surface area contributed by atoms with Crippen molar-refractivity contribution in [3.63, 3.8) is 0 Å². The molecule has 4 nitrogen and oxygen atoms in total. The predicted molar refractivity (Wildman–Crippen MR) is 80.4 cm³/mol. The fourth-order valence-corrected chi connectivity index (χ4v) is 3.36. The maximum absolute atomic E-state index is 12.4. The van der Waals surface area contributed by atoms with Gasteiger partial charge in [-0.2, -0.15) is 0 Å². The normalized spacial score (nSPS) is 18.1. The van der Waals surface area contributed by atoms with Crippen LogP contribution < -0.4 is 5.73 Å². The van der Waals surface area contributed by atoms with Crippen LogP contribution in [0.15, 0.2) is 12.4 Å². The van der Waals surface area contributed by atoms with Gasteiger partial charge >= 0.3 is 0 Å². The third-order valence-corrected chi connectivity index (χ3v) is 4.54. The minimum atomic E-state index is 0.0670. The number of nitrogens with zero attached hydrogens (tertiary/aromatic N) is 2. The molecule has 20 heavy (non-hydrogen) atoms. The average molecular weight is 277 g/mol. The van der Waals surface area contributed by atoms with Gasteiger partial charge in [0.15, 0.2) is 0 Å². The third kappa shape index (κ3) is 3.69. The molecule has 0 spiro atoms. The highest BCUT2D eigenvalue weighted by Crippen LogP contribution is 2.38. The molecule has 1 saturated carbocycles. The molecular weight excluding hydrogens is 250 g/mol. The highest BCUT2D eigenvalue weighted by atomic mass is 16.1. The second-order valence-electron chi connectivity index (χ2n) is 6.19. The number of nitrogens with two attached hydrogens (primary N) is 1. The zero-order valence-corrected chi connectivity index (χ0v) is 12.6. The zero-order chi connectivity index (χ0) is 14.4. The standard InChI is InChI=1S/C16H27N3O/c1-2-9-19-10-8-18-15(19)11-14(20)12-16(13-17)6-4-3-5-7-16/h8,10H,2-7,9,11-13,17H2,1H3. The van der Waals surface area contributed by atoms with Crippen molar-refractivity contribution in [1.82, 2.24) is 9.55 Å². The Hall–Kier alpha value is -1.16. The molecule has 0 atom stereocenters. The summed E-state index contributed by atoms with van der Waals surface area (Å²) >= 11 is 0. The summed E-state index contributed by atoms with van der Waals surface area (Å²) in [5.74, 6) is 1.20. The molecule has 0 bridgehead atoms. The van der Waals surface area contributed by atoms with Crippen molar-refractivity contribution in [1.29, 1.82) is 0 Å². The first-order chi connectivity index (χ1) is 9.69. The van der Waals surface area contributed by atoms with Crippen LogP contribution in [0, 0.1) is 5.41 Å². The molecule has 0 aliphatic heterocycles. The Labute approximate surface area is 121 Å². The lowest BCUT2D eigenvalue weighted by Gasteiger charge is -2.35. The molecule has 1 aromatic heterocycles. The lowest BCUT2D eigenvalue weighted by molar-refractivity contribution is -0.121. The van der Waals surface area contributed by atoms with Crippen molar-refractivity contribution < 1.29 is 4.79 Å². The van der Waals surface area contributed by atoms with E-state index in [4.69, 9.17) is 5.73 Å². The Morgan fingerprint density at radius 2 is 2.15 bits per heavy atom. The number of carbonyl (C=O) groups is 1. The second-order valence-corrected chi connectivity index (χ2v) is 6.19. The number of rotatable bonds is 7. The van der Waals surface area contributed by atoms with Crippen molar-refractivity contribution in [2.75, 3.05) is 6.54 Å². The second kappa shape index (κ2) is 7.02. The fourth-order valence-electron chi connectivity index (χ4n) is 3.36. The van der Waals surface area contributed by atoms with Crippen LogP contribution in [0.2, 0.25) is 0 Å². The molecule has 1 heterocycles. The molecule has 0 aromatic carbocycles. The molecule has 1 aliphatic rings. The molecule has 112 valence electrons. The van der Waals surface area contributed by atoms with Gasteiger partial charge < -0.3 is 10.3 Å². The quantitative estimate of drug-likeness (QED) is 0.833. The van der Waals surface area contributed by atoms with E-state index in [0.717, 1.165) is 31.6 Å². The topological polar surface area (TPSA) is 60.9 Å². The first-order valence-corrected chi connectivity index (χ1v) is 7.91. The number of ketones is 1. The minimum absolute atomic E-state index is 0.0670. The van der Waals surface area contributed by atoms with Crippen molar-refractivity contribution in [2.24, 2.45) is 11.1 Å². The largest absolute Gasteiger partial charge is 0.335 e. The average Bonchev–Trinajstić information content (AvgIpc) is 2.87. The number of hydrogen-bond donors (Lipinski definition) is 1. The van der Waals surface area contributed by atoms with E-state index in [1.807, 2.05) is 6.20 Å². The van der Waals surface area contributed by atoms with Gasteiger partial charge in [-0.3, -0.25) is 4.79 Å². The summed E-state index contributed by atoms with van der Waals surface area (Å²) in [6, 6.07) is 0. The molecule has 0 saturated heterocycles. The minimum Gasteiger partial charge on any atom is -0.335 e. The van der Waals surface area contributed by atoms with Crippen molar-refractivity contribution >= 4 is 5.78 Å². The maximum Gasteiger partial charge on any atom is 0.141 e. The van der Waals surface area contributed by atoms with Gasteiger partial charge in [-0.15, -0.1) is 0 Å². The maximum atomic E-state index is 12.4. The van der Waals surface area contributed by atoms with Crippen LogP contribution in [0.5, 0.6) is 0 Å². The van der Waals surface area contributed by atoms with Gasteiger partial charge in [0.2, 0.25) is 0 Å². The van der Waals surface area contributed by atoms with E-state index in [0.29, 0.717) is 25.2 Å². The Bertz CT molecular complexity index is 433. The van der Waals surface area contributed by atoms with Gasteiger partial charge in [-0.1, -0.05) is 26.2 Å². The molecular formula is C16H27N3O. The monoisotopic (exact) mass is 277 g/mol. The summed E-state index contributed by atoms with van der Waals surface area (Å²) in [5, 5.41) is 0. The number of hydrogen-bond acceptors (Lipinski definition) is 3. The molecule has 2 N–H and O–H groups in total. The number of carbonyl (C=O) groups excluding carboxylic acids is 1. The molecule has 0 unspecified atom stereocenters. The summed E-state index contributed by atoms with van der Waals surface area (Å²) in [6.45, 7) is 3.71. The Balaban J connectivity index is 1.95. The van der Waals surface area contributed by atoms with Crippen LogP contribution in [-0.2, 0) is 17.8 Å². The molecule has 2 rings (SSSR count). The summed E-state index contributed by atoms with van der Waals surface area (Å²) in [7, 11) is 0. The number of Topliss-reactive ketones (excluding diaryl/α,β-unsaturated/α-hetero) is 1. The van der Waals surface area contributed by atoms with Crippen LogP contribution in [0.4, 0.5) is 0 Å². The Kier molecular flexibility index (Phi) is 5.35. The number of aromatic nitrogens is 2. The summed E-state index contributed by atoms with van der Waals surface area (Å²) in [6.07, 6.45) is 11.8. The smallest absolute Gasteiger partial charge is 0.141 e. The molecule has 1 fully saturated rings. The summed E-state index contributed by atoms with van der Waals surface area (Å²) < 4.78 is 2.09. The first kappa shape index (κ1) is 15.2. The number of aryl methyl sites for hydroxylation is 1. The van der Waals surface area contributed by atoms with Crippen molar-refractivity contribution in [3.8, 4) is 0 Å². The highest BCUT2D eigenvalue weighted by molar-refractivity contribution is 5.80. The molecule has 0 radical (unpaired) electrons. The summed E-state index contributed by atoms with van der Waals surface area (Å²) in [4.78, 5) is 16.7. The van der Waals surface area contributed by atoms with Crippen molar-refractivity contribution in [3.05, 3.63) is 18.2 Å². The lowest BCUT2D eigenvalue weighted by Crippen LogP contribution is -2.35. The van der Waals surface area contributed by atoms with E-state index in [-0.39, 0.29) is 5.41 Å². The SMILES string of the molecule is CCCn1ccnc1CC(=O)CC1(CN)CCCCC1. The predicted octanol–water partition coefficient (Wildman–Crippen LogP) is 2.70. The number of imidazole rings is 1.